The van der Waals surface area contributed by atoms with Crippen LogP contribution >= 0.6 is 0 Å². The Morgan fingerprint density at radius 1 is 1.18 bits per heavy atom. The number of halogens is 4. The molecule has 1 aliphatic rings. The number of aryl methyl sites for hydroxylation is 1. The molecule has 3 heterocycles. The van der Waals surface area contributed by atoms with E-state index in [1.165, 1.54) is 10.6 Å². The molecule has 5 rings (SSSR count). The second-order valence-electron chi connectivity index (χ2n) is 9.30. The van der Waals surface area contributed by atoms with Crippen LogP contribution in [0.5, 0.6) is 5.75 Å². The first-order valence-electron chi connectivity index (χ1n) is 12.1. The maximum absolute atomic E-state index is 15.2. The number of nitrogens with one attached hydrogen (secondary N) is 2. The van der Waals surface area contributed by atoms with Crippen molar-refractivity contribution in [1.29, 1.82) is 0 Å². The predicted molar refractivity (Wildman–Crippen MR) is 135 cm³/mol. The van der Waals surface area contributed by atoms with Gasteiger partial charge in [-0.25, -0.2) is 9.49 Å². The molecule has 2 aromatic heterocycles. The molecule has 38 heavy (non-hydrogen) atoms. The molecule has 0 radical (unpaired) electrons. The molecule has 0 aliphatic carbocycles. The van der Waals surface area contributed by atoms with Crippen molar-refractivity contribution in [2.45, 2.75) is 44.9 Å². The third-order valence-electron chi connectivity index (χ3n) is 6.65. The third kappa shape index (κ3) is 4.88. The number of anilines is 1. The quantitative estimate of drug-likeness (QED) is 0.325. The minimum Gasteiger partial charge on any atom is -0.492 e. The van der Waals surface area contributed by atoms with Gasteiger partial charge in [0.1, 0.15) is 17.1 Å². The van der Waals surface area contributed by atoms with Gasteiger partial charge in [-0.2, -0.15) is 18.3 Å². The second kappa shape index (κ2) is 9.96. The van der Waals surface area contributed by atoms with Crippen molar-refractivity contribution in [2.75, 3.05) is 11.9 Å². The van der Waals surface area contributed by atoms with E-state index in [1.54, 1.807) is 36.4 Å². The van der Waals surface area contributed by atoms with Crippen LogP contribution in [0.4, 0.5) is 23.2 Å². The van der Waals surface area contributed by atoms with Gasteiger partial charge in [0.25, 0.3) is 11.1 Å². The molecule has 4 aromatic rings. The molecule has 0 saturated carbocycles. The molecule has 1 aliphatic heterocycles. The van der Waals surface area contributed by atoms with Gasteiger partial charge in [0.05, 0.1) is 23.9 Å². The van der Waals surface area contributed by atoms with Gasteiger partial charge in [0.2, 0.25) is 0 Å². The lowest BCUT2D eigenvalue weighted by atomic mass is 9.98. The normalized spacial score (nSPS) is 13.8. The third-order valence-corrected chi connectivity index (χ3v) is 6.65. The zero-order valence-electron chi connectivity index (χ0n) is 20.4. The molecular weight excluding hydrogens is 504 g/mol. The molecule has 0 amide bonds. The van der Waals surface area contributed by atoms with Crippen LogP contribution in [-0.2, 0) is 19.1 Å². The van der Waals surface area contributed by atoms with E-state index in [0.29, 0.717) is 41.7 Å². The largest absolute Gasteiger partial charge is 0.492 e. The summed E-state index contributed by atoms with van der Waals surface area (Å²) in [6.45, 7) is 2.50. The predicted octanol–water partition coefficient (Wildman–Crippen LogP) is 5.13. The molecule has 1 unspecified atom stereocenters. The van der Waals surface area contributed by atoms with Crippen molar-refractivity contribution >= 4 is 16.5 Å². The maximum Gasteiger partial charge on any atom is 0.423 e. The van der Waals surface area contributed by atoms with Crippen LogP contribution in [0.15, 0.2) is 58.4 Å². The fraction of sp³-hybridized carbons (Fsp3) is 0.296. The number of hydrogen-bond donors (Lipinski definition) is 2. The summed E-state index contributed by atoms with van der Waals surface area (Å²) in [5.41, 5.74) is -1.39. The van der Waals surface area contributed by atoms with E-state index in [1.807, 2.05) is 12.1 Å². The van der Waals surface area contributed by atoms with Gasteiger partial charge in [0, 0.05) is 36.3 Å². The first-order chi connectivity index (χ1) is 18.1. The number of aromatic nitrogens is 3. The van der Waals surface area contributed by atoms with Gasteiger partial charge >= 0.3 is 6.18 Å². The summed E-state index contributed by atoms with van der Waals surface area (Å²) in [4.78, 5) is 24.7. The zero-order valence-corrected chi connectivity index (χ0v) is 20.4. The Balaban J connectivity index is 1.31. The molecule has 198 valence electrons. The van der Waals surface area contributed by atoms with Crippen molar-refractivity contribution in [3.05, 3.63) is 86.4 Å². The smallest absolute Gasteiger partial charge is 0.423 e. The van der Waals surface area contributed by atoms with Crippen molar-refractivity contribution in [3.8, 4) is 16.9 Å². The van der Waals surface area contributed by atoms with Crippen LogP contribution in [-0.4, -0.2) is 27.4 Å². The number of rotatable bonds is 7. The van der Waals surface area contributed by atoms with Gasteiger partial charge in [-0.05, 0) is 48.9 Å². The van der Waals surface area contributed by atoms with Gasteiger partial charge in [-0.1, -0.05) is 18.2 Å². The summed E-state index contributed by atoms with van der Waals surface area (Å²) < 4.78 is 62.1. The van der Waals surface area contributed by atoms with Crippen LogP contribution < -0.4 is 21.2 Å². The number of pyridine rings is 1. The zero-order chi connectivity index (χ0) is 27.0. The summed E-state index contributed by atoms with van der Waals surface area (Å²) in [5, 5.41) is 8.75. The van der Waals surface area contributed by atoms with Crippen LogP contribution in [0.1, 0.15) is 30.9 Å². The topological polar surface area (TPSA) is 89.0 Å². The molecule has 2 aromatic carbocycles. The Hall–Kier alpha value is -4.15. The number of alkyl halides is 3. The average Bonchev–Trinajstić information content (AvgIpc) is 3.34. The first-order valence-corrected chi connectivity index (χ1v) is 12.1. The van der Waals surface area contributed by atoms with E-state index in [-0.39, 0.29) is 17.5 Å². The molecule has 0 saturated heterocycles. The Labute approximate surface area is 214 Å². The first kappa shape index (κ1) is 25.5. The van der Waals surface area contributed by atoms with Crippen molar-refractivity contribution in [1.82, 2.24) is 14.8 Å². The second-order valence-corrected chi connectivity index (χ2v) is 9.30. The lowest BCUT2D eigenvalue weighted by molar-refractivity contribution is -0.138. The summed E-state index contributed by atoms with van der Waals surface area (Å²) >= 11 is 0. The fourth-order valence-corrected chi connectivity index (χ4v) is 4.81. The minimum absolute atomic E-state index is 0.234. The van der Waals surface area contributed by atoms with E-state index < -0.39 is 34.8 Å². The van der Waals surface area contributed by atoms with E-state index in [4.69, 9.17) is 4.74 Å². The lowest BCUT2D eigenvalue weighted by Crippen LogP contribution is -2.27. The standard InChI is InChI=1S/C27H24F4N4O3/c1-15(33-22-14-32-34-25(36)23(22)27(29,30)31)4-3-9-35-10-7-17-12-20(21(28)13-19(17)26(35)37)18-6-2-5-16-8-11-38-24(16)18/h2,5-7,10,12-15H,3-4,8-9,11H2,1H3,(H2,33,34,36). The van der Waals surface area contributed by atoms with Gasteiger partial charge in [-0.15, -0.1) is 0 Å². The highest BCUT2D eigenvalue weighted by Gasteiger charge is 2.37. The van der Waals surface area contributed by atoms with Crippen molar-refractivity contribution < 1.29 is 22.3 Å². The lowest BCUT2D eigenvalue weighted by Gasteiger charge is -2.18. The monoisotopic (exact) mass is 528 g/mol. The Bertz CT molecular complexity index is 1630. The number of fused-ring (bicyclic) bond motifs is 2. The molecule has 0 spiro atoms. The highest BCUT2D eigenvalue weighted by atomic mass is 19.4. The fourth-order valence-electron chi connectivity index (χ4n) is 4.81. The van der Waals surface area contributed by atoms with Crippen molar-refractivity contribution in [3.63, 3.8) is 0 Å². The van der Waals surface area contributed by atoms with Crippen molar-refractivity contribution in [2.24, 2.45) is 0 Å². The van der Waals surface area contributed by atoms with Gasteiger partial charge < -0.3 is 14.6 Å². The van der Waals surface area contributed by atoms with Gasteiger partial charge in [0.15, 0.2) is 0 Å². The van der Waals surface area contributed by atoms with E-state index >= 15 is 4.39 Å². The van der Waals surface area contributed by atoms with E-state index in [2.05, 4.69) is 10.4 Å². The van der Waals surface area contributed by atoms with Crippen LogP contribution in [0.25, 0.3) is 21.9 Å². The summed E-state index contributed by atoms with van der Waals surface area (Å²) in [6, 6.07) is 9.79. The van der Waals surface area contributed by atoms with E-state index in [0.717, 1.165) is 18.2 Å². The Morgan fingerprint density at radius 2 is 2.00 bits per heavy atom. The number of ether oxygens (including phenoxy) is 1. The summed E-state index contributed by atoms with van der Waals surface area (Å²) in [7, 11) is 0. The number of nitrogens with zero attached hydrogens (tertiary/aromatic N) is 2. The SMILES string of the molecule is CC(CCCn1ccc2cc(-c3cccc4c3OCC4)c(F)cc2c1=O)Nc1cn[nH]c(=O)c1C(F)(F)F. The molecule has 2 N–H and O–H groups in total. The maximum atomic E-state index is 15.2. The van der Waals surface area contributed by atoms with Crippen LogP contribution in [0.2, 0.25) is 0 Å². The highest BCUT2D eigenvalue weighted by molar-refractivity contribution is 5.88. The molecule has 7 nitrogen and oxygen atoms in total. The average molecular weight is 529 g/mol. The molecule has 1 atom stereocenters. The molecular formula is C27H24F4N4O3. The molecule has 11 heteroatoms. The minimum atomic E-state index is -4.83. The number of para-hydroxylation sites is 1. The Kier molecular flexibility index (Phi) is 6.68. The van der Waals surface area contributed by atoms with Crippen LogP contribution in [0, 0.1) is 5.82 Å². The molecule has 0 bridgehead atoms. The summed E-state index contributed by atoms with van der Waals surface area (Å²) in [6.07, 6.45) is -0.667. The number of benzene rings is 2. The number of H-pyrrole nitrogens is 1. The van der Waals surface area contributed by atoms with Crippen LogP contribution in [0.3, 0.4) is 0 Å². The number of aromatic amines is 1. The number of hydrogen-bond acceptors (Lipinski definition) is 5. The highest BCUT2D eigenvalue weighted by Crippen LogP contribution is 2.39. The van der Waals surface area contributed by atoms with E-state index in [9.17, 15) is 22.8 Å². The Morgan fingerprint density at radius 3 is 2.79 bits per heavy atom. The molecule has 0 fully saturated rings. The van der Waals surface area contributed by atoms with Gasteiger partial charge in [-0.3, -0.25) is 9.59 Å². The summed E-state index contributed by atoms with van der Waals surface area (Å²) in [5.74, 6) is 0.140.